The molecule has 4 nitrogen and oxygen atoms in total. The van der Waals surface area contributed by atoms with Crippen molar-refractivity contribution in [2.24, 2.45) is 0 Å². The lowest BCUT2D eigenvalue weighted by atomic mass is 10.1. The lowest BCUT2D eigenvalue weighted by Crippen LogP contribution is -2.12. The number of nitrogens with zero attached hydrogens (tertiary/aromatic N) is 2. The summed E-state index contributed by atoms with van der Waals surface area (Å²) in [5, 5.41) is 9.29. The molecule has 2 rings (SSSR count). The zero-order valence-corrected chi connectivity index (χ0v) is 11.7. The van der Waals surface area contributed by atoms with Crippen molar-refractivity contribution in [3.05, 3.63) is 52.1 Å². The van der Waals surface area contributed by atoms with Crippen molar-refractivity contribution in [2.75, 3.05) is 0 Å². The Morgan fingerprint density at radius 1 is 1.26 bits per heavy atom. The van der Waals surface area contributed by atoms with Gasteiger partial charge in [0.15, 0.2) is 5.69 Å². The third kappa shape index (κ3) is 2.52. The van der Waals surface area contributed by atoms with Crippen LogP contribution in [0.2, 0.25) is 0 Å². The Labute approximate surface area is 112 Å². The number of aromatic carboxylic acids is 1. The van der Waals surface area contributed by atoms with E-state index in [4.69, 9.17) is 0 Å². The van der Waals surface area contributed by atoms with Crippen LogP contribution in [0.3, 0.4) is 0 Å². The highest BCUT2D eigenvalue weighted by Crippen LogP contribution is 2.17. The van der Waals surface area contributed by atoms with Crippen LogP contribution < -0.4 is 0 Å². The Morgan fingerprint density at radius 3 is 2.53 bits per heavy atom. The second-order valence-electron chi connectivity index (χ2n) is 4.91. The average molecular weight is 258 g/mol. The van der Waals surface area contributed by atoms with Crippen LogP contribution in [-0.4, -0.2) is 20.6 Å². The maximum absolute atomic E-state index is 11.3. The summed E-state index contributed by atoms with van der Waals surface area (Å²) in [5.41, 5.74) is 4.33. The minimum absolute atomic E-state index is 0.275. The maximum Gasteiger partial charge on any atom is 0.354 e. The summed E-state index contributed by atoms with van der Waals surface area (Å²) >= 11 is 0. The summed E-state index contributed by atoms with van der Waals surface area (Å²) in [6.45, 7) is 8.20. The largest absolute Gasteiger partial charge is 0.477 e. The summed E-state index contributed by atoms with van der Waals surface area (Å²) in [6.07, 6.45) is 0. The second kappa shape index (κ2) is 4.88. The third-order valence-electron chi connectivity index (χ3n) is 3.36. The highest BCUT2D eigenvalue weighted by Gasteiger charge is 2.18. The number of carboxylic acids is 1. The van der Waals surface area contributed by atoms with Gasteiger partial charge in [0.05, 0.1) is 5.69 Å². The van der Waals surface area contributed by atoms with E-state index in [9.17, 15) is 9.90 Å². The van der Waals surface area contributed by atoms with E-state index < -0.39 is 5.97 Å². The number of carbonyl (C=O) groups is 1. The number of aryl methyl sites for hydroxylation is 4. The Morgan fingerprint density at radius 2 is 1.95 bits per heavy atom. The Balaban J connectivity index is 2.46. The predicted molar refractivity (Wildman–Crippen MR) is 73.7 cm³/mol. The lowest BCUT2D eigenvalue weighted by molar-refractivity contribution is 0.0684. The van der Waals surface area contributed by atoms with Gasteiger partial charge in [-0.05, 0) is 38.8 Å². The molecule has 100 valence electrons. The Kier molecular flexibility index (Phi) is 3.42. The molecule has 0 saturated carbocycles. The number of benzene rings is 1. The molecule has 0 bridgehead atoms. The number of aromatic nitrogens is 2. The highest BCUT2D eigenvalue weighted by atomic mass is 16.4. The van der Waals surface area contributed by atoms with Gasteiger partial charge in [-0.25, -0.2) is 9.78 Å². The highest BCUT2D eigenvalue weighted by molar-refractivity contribution is 5.87. The molecule has 0 spiro atoms. The van der Waals surface area contributed by atoms with Crippen molar-refractivity contribution < 1.29 is 9.90 Å². The first-order chi connectivity index (χ1) is 8.90. The summed E-state index contributed by atoms with van der Waals surface area (Å²) in [5.74, 6) is -0.197. The molecular weight excluding hydrogens is 240 g/mol. The molecule has 0 aliphatic carbocycles. The van der Waals surface area contributed by atoms with E-state index in [1.165, 1.54) is 11.1 Å². The number of hydrogen-bond acceptors (Lipinski definition) is 2. The maximum atomic E-state index is 11.3. The Hall–Kier alpha value is -2.10. The fourth-order valence-corrected chi connectivity index (χ4v) is 2.37. The van der Waals surface area contributed by atoms with E-state index in [-0.39, 0.29) is 5.69 Å². The monoisotopic (exact) mass is 258 g/mol. The summed E-state index contributed by atoms with van der Waals surface area (Å²) < 4.78 is 1.76. The van der Waals surface area contributed by atoms with Gasteiger partial charge < -0.3 is 9.67 Å². The second-order valence-corrected chi connectivity index (χ2v) is 4.91. The molecule has 0 saturated heterocycles. The number of carboxylic acid groups (broad SMARTS) is 1. The summed E-state index contributed by atoms with van der Waals surface area (Å²) in [4.78, 5) is 15.6. The van der Waals surface area contributed by atoms with E-state index >= 15 is 0 Å². The van der Waals surface area contributed by atoms with Crippen molar-refractivity contribution in [3.63, 3.8) is 0 Å². The third-order valence-corrected chi connectivity index (χ3v) is 3.36. The molecule has 0 aliphatic rings. The van der Waals surface area contributed by atoms with Crippen LogP contribution in [0.4, 0.5) is 0 Å². The molecule has 0 amide bonds. The molecule has 1 N–H and O–H groups in total. The fraction of sp³-hybridized carbons (Fsp3) is 0.333. The van der Waals surface area contributed by atoms with Gasteiger partial charge in [0.25, 0.3) is 0 Å². The van der Waals surface area contributed by atoms with Crippen LogP contribution in [0.5, 0.6) is 0 Å². The van der Waals surface area contributed by atoms with Crippen LogP contribution in [0.1, 0.15) is 38.7 Å². The van der Waals surface area contributed by atoms with E-state index in [0.29, 0.717) is 12.2 Å². The molecule has 0 atom stereocenters. The van der Waals surface area contributed by atoms with Gasteiger partial charge in [-0.15, -0.1) is 0 Å². The molecule has 0 fully saturated rings. The molecule has 2 aromatic rings. The van der Waals surface area contributed by atoms with Crippen LogP contribution in [0.15, 0.2) is 18.2 Å². The average Bonchev–Trinajstić information content (AvgIpc) is 2.57. The minimum atomic E-state index is -0.928. The number of imidazole rings is 1. The fourth-order valence-electron chi connectivity index (χ4n) is 2.37. The summed E-state index contributed by atoms with van der Waals surface area (Å²) in [7, 11) is 0. The molecule has 1 aromatic carbocycles. The first-order valence-electron chi connectivity index (χ1n) is 6.23. The number of rotatable bonds is 3. The van der Waals surface area contributed by atoms with Gasteiger partial charge in [-0.2, -0.15) is 0 Å². The molecule has 4 heteroatoms. The van der Waals surface area contributed by atoms with Crippen molar-refractivity contribution in [1.29, 1.82) is 0 Å². The van der Waals surface area contributed by atoms with E-state index in [2.05, 4.69) is 11.1 Å². The first-order valence-corrected chi connectivity index (χ1v) is 6.23. The van der Waals surface area contributed by atoms with Crippen LogP contribution >= 0.6 is 0 Å². The van der Waals surface area contributed by atoms with Crippen molar-refractivity contribution in [3.8, 4) is 0 Å². The molecule has 19 heavy (non-hydrogen) atoms. The topological polar surface area (TPSA) is 55.1 Å². The van der Waals surface area contributed by atoms with Crippen LogP contribution in [0, 0.1) is 27.7 Å². The van der Waals surface area contributed by atoms with Gasteiger partial charge in [0.1, 0.15) is 5.82 Å². The van der Waals surface area contributed by atoms with Gasteiger partial charge in [0, 0.05) is 6.54 Å². The van der Waals surface area contributed by atoms with Gasteiger partial charge in [-0.3, -0.25) is 0 Å². The Bertz CT molecular complexity index is 642. The quantitative estimate of drug-likeness (QED) is 0.921. The zero-order valence-electron chi connectivity index (χ0n) is 11.7. The van der Waals surface area contributed by atoms with Crippen molar-refractivity contribution in [1.82, 2.24) is 9.55 Å². The lowest BCUT2D eigenvalue weighted by Gasteiger charge is -2.11. The molecule has 1 heterocycles. The van der Waals surface area contributed by atoms with E-state index in [0.717, 1.165) is 11.4 Å². The molecular formula is C15H18N2O2. The smallest absolute Gasteiger partial charge is 0.354 e. The number of hydrogen-bond donors (Lipinski definition) is 1. The van der Waals surface area contributed by atoms with Crippen molar-refractivity contribution in [2.45, 2.75) is 34.2 Å². The molecule has 0 unspecified atom stereocenters. The van der Waals surface area contributed by atoms with Crippen LogP contribution in [0.25, 0.3) is 0 Å². The normalized spacial score (nSPS) is 10.7. The van der Waals surface area contributed by atoms with Gasteiger partial charge in [-0.1, -0.05) is 23.8 Å². The van der Waals surface area contributed by atoms with E-state index in [1.807, 2.05) is 32.9 Å². The SMILES string of the molecule is Cc1ccc(Cn2c(C)nc(C)c2C(=O)O)c(C)c1. The first kappa shape index (κ1) is 13.3. The molecule has 1 aromatic heterocycles. The van der Waals surface area contributed by atoms with Crippen LogP contribution in [-0.2, 0) is 6.54 Å². The molecule has 0 aliphatic heterocycles. The van der Waals surface area contributed by atoms with Gasteiger partial charge in [0.2, 0.25) is 0 Å². The minimum Gasteiger partial charge on any atom is -0.477 e. The van der Waals surface area contributed by atoms with Crippen molar-refractivity contribution >= 4 is 5.97 Å². The predicted octanol–water partition coefficient (Wildman–Crippen LogP) is 2.86. The summed E-state index contributed by atoms with van der Waals surface area (Å²) in [6, 6.07) is 6.20. The standard InChI is InChI=1S/C15H18N2O2/c1-9-5-6-13(10(2)7-9)8-17-12(4)16-11(3)14(17)15(18)19/h5-7H,8H2,1-4H3,(H,18,19). The zero-order chi connectivity index (χ0) is 14.2. The van der Waals surface area contributed by atoms with E-state index in [1.54, 1.807) is 11.5 Å². The molecule has 0 radical (unpaired) electrons. The van der Waals surface area contributed by atoms with Gasteiger partial charge >= 0.3 is 5.97 Å².